The van der Waals surface area contributed by atoms with Crippen molar-refractivity contribution in [3.63, 3.8) is 0 Å². The first-order chi connectivity index (χ1) is 13.3. The molecule has 2 nitrogen and oxygen atoms in total. The number of aromatic amines is 1. The number of hydrogen-bond acceptors (Lipinski definition) is 1. The lowest BCUT2D eigenvalue weighted by Gasteiger charge is -2.29. The zero-order valence-corrected chi connectivity index (χ0v) is 14.8. The molecule has 2 heteroatoms. The third-order valence-corrected chi connectivity index (χ3v) is 5.51. The minimum absolute atomic E-state index is 0.0408. The van der Waals surface area contributed by atoms with E-state index in [-0.39, 0.29) is 17.6 Å². The monoisotopic (exact) mass is 349 g/mol. The average Bonchev–Trinajstić information content (AvgIpc) is 3.15. The predicted molar refractivity (Wildman–Crippen MR) is 110 cm³/mol. The highest BCUT2D eigenvalue weighted by atomic mass is 16.1. The van der Waals surface area contributed by atoms with Gasteiger partial charge in [-0.05, 0) is 34.4 Å². The van der Waals surface area contributed by atoms with Gasteiger partial charge >= 0.3 is 0 Å². The summed E-state index contributed by atoms with van der Waals surface area (Å²) in [4.78, 5) is 16.5. The number of carbonyl (C=O) groups is 1. The fourth-order valence-corrected chi connectivity index (χ4v) is 4.28. The molecule has 0 spiro atoms. The fourth-order valence-electron chi connectivity index (χ4n) is 4.28. The van der Waals surface area contributed by atoms with Crippen LogP contribution in [0.1, 0.15) is 34.1 Å². The van der Waals surface area contributed by atoms with Crippen molar-refractivity contribution in [1.29, 1.82) is 0 Å². The summed E-state index contributed by atoms with van der Waals surface area (Å²) in [7, 11) is 0. The summed E-state index contributed by atoms with van der Waals surface area (Å²) in [5, 5.41) is 1.17. The second-order valence-corrected chi connectivity index (χ2v) is 7.02. The minimum atomic E-state index is -0.229. The van der Waals surface area contributed by atoms with E-state index in [1.165, 1.54) is 10.9 Å². The standard InChI is InChI=1S/C25H19NO/c27-23-15-14-17-8-4-5-11-19(17)25(23)24(18-9-2-1-3-10-18)21-16-26-22-13-7-6-12-20(21)22/h1-16,24-26H. The maximum absolute atomic E-state index is 13.1. The average molecular weight is 349 g/mol. The first-order valence-corrected chi connectivity index (χ1v) is 9.25. The molecule has 0 saturated heterocycles. The number of rotatable bonds is 3. The van der Waals surface area contributed by atoms with Crippen molar-refractivity contribution in [3.05, 3.63) is 113 Å². The number of benzene rings is 3. The van der Waals surface area contributed by atoms with E-state index in [1.54, 1.807) is 6.08 Å². The van der Waals surface area contributed by atoms with Crippen molar-refractivity contribution < 1.29 is 4.79 Å². The number of aromatic nitrogens is 1. The fraction of sp³-hybridized carbons (Fsp3) is 0.0800. The lowest BCUT2D eigenvalue weighted by atomic mass is 9.72. The molecule has 27 heavy (non-hydrogen) atoms. The summed E-state index contributed by atoms with van der Waals surface area (Å²) in [6.07, 6.45) is 5.74. The van der Waals surface area contributed by atoms with Crippen LogP contribution in [0.5, 0.6) is 0 Å². The van der Waals surface area contributed by atoms with Crippen molar-refractivity contribution in [3.8, 4) is 0 Å². The van der Waals surface area contributed by atoms with Crippen LogP contribution in [0.3, 0.4) is 0 Å². The Kier molecular flexibility index (Phi) is 3.75. The Balaban J connectivity index is 1.77. The zero-order valence-electron chi connectivity index (χ0n) is 14.8. The number of H-pyrrole nitrogens is 1. The summed E-state index contributed by atoms with van der Waals surface area (Å²) in [5.41, 5.74) is 5.65. The Morgan fingerprint density at radius 3 is 2.41 bits per heavy atom. The molecule has 0 amide bonds. The van der Waals surface area contributed by atoms with Crippen LogP contribution in [0.2, 0.25) is 0 Å². The zero-order chi connectivity index (χ0) is 18.2. The SMILES string of the molecule is O=C1C=Cc2ccccc2C1C(c1ccccc1)c1c[nH]c2ccccc12. The first-order valence-electron chi connectivity index (χ1n) is 9.25. The number of allylic oxidation sites excluding steroid dienone is 1. The van der Waals surface area contributed by atoms with Gasteiger partial charge in [-0.1, -0.05) is 78.9 Å². The normalized spacial score (nSPS) is 17.0. The van der Waals surface area contributed by atoms with Gasteiger partial charge in [0.1, 0.15) is 0 Å². The quantitative estimate of drug-likeness (QED) is 0.507. The lowest BCUT2D eigenvalue weighted by Crippen LogP contribution is -2.23. The molecule has 2 unspecified atom stereocenters. The van der Waals surface area contributed by atoms with Gasteiger partial charge in [-0.2, -0.15) is 0 Å². The van der Waals surface area contributed by atoms with Crippen LogP contribution in [0, 0.1) is 0 Å². The van der Waals surface area contributed by atoms with Crippen LogP contribution in [0.15, 0.2) is 91.1 Å². The Bertz CT molecular complexity index is 1150. The van der Waals surface area contributed by atoms with Gasteiger partial charge in [0.15, 0.2) is 5.78 Å². The van der Waals surface area contributed by atoms with E-state index in [0.717, 1.165) is 22.2 Å². The third kappa shape index (κ3) is 2.61. The van der Waals surface area contributed by atoms with Crippen molar-refractivity contribution in [2.75, 3.05) is 0 Å². The number of ketones is 1. The smallest absolute Gasteiger partial charge is 0.164 e. The molecule has 0 saturated carbocycles. The molecule has 4 aromatic rings. The highest BCUT2D eigenvalue weighted by molar-refractivity contribution is 6.03. The van der Waals surface area contributed by atoms with Crippen molar-refractivity contribution >= 4 is 22.8 Å². The van der Waals surface area contributed by atoms with Gasteiger partial charge in [0.2, 0.25) is 0 Å². The van der Waals surface area contributed by atoms with Gasteiger partial charge in [-0.25, -0.2) is 0 Å². The van der Waals surface area contributed by atoms with Gasteiger partial charge in [-0.3, -0.25) is 4.79 Å². The third-order valence-electron chi connectivity index (χ3n) is 5.51. The largest absolute Gasteiger partial charge is 0.361 e. The van der Waals surface area contributed by atoms with E-state index in [9.17, 15) is 4.79 Å². The number of hydrogen-bond donors (Lipinski definition) is 1. The summed E-state index contributed by atoms with van der Waals surface area (Å²) in [5.74, 6) is -0.110. The number of carbonyl (C=O) groups excluding carboxylic acids is 1. The van der Waals surface area contributed by atoms with Crippen LogP contribution in [-0.4, -0.2) is 10.8 Å². The van der Waals surface area contributed by atoms with E-state index >= 15 is 0 Å². The Labute approximate surface area is 158 Å². The molecule has 1 aliphatic carbocycles. The van der Waals surface area contributed by atoms with Crippen LogP contribution >= 0.6 is 0 Å². The van der Waals surface area contributed by atoms with Gasteiger partial charge in [0, 0.05) is 23.0 Å². The molecular weight excluding hydrogens is 330 g/mol. The van der Waals surface area contributed by atoms with Crippen molar-refractivity contribution in [1.82, 2.24) is 4.98 Å². The molecule has 2 atom stereocenters. The molecule has 3 aromatic carbocycles. The van der Waals surface area contributed by atoms with E-state index in [1.807, 2.05) is 42.5 Å². The molecule has 130 valence electrons. The second kappa shape index (κ2) is 6.40. The molecule has 1 N–H and O–H groups in total. The van der Waals surface area contributed by atoms with E-state index < -0.39 is 0 Å². The van der Waals surface area contributed by atoms with Gasteiger partial charge < -0.3 is 4.98 Å². The summed E-state index contributed by atoms with van der Waals surface area (Å²) < 4.78 is 0. The highest BCUT2D eigenvalue weighted by Gasteiger charge is 2.35. The molecule has 5 rings (SSSR count). The summed E-state index contributed by atoms with van der Waals surface area (Å²) >= 11 is 0. The second-order valence-electron chi connectivity index (χ2n) is 7.02. The van der Waals surface area contributed by atoms with Crippen LogP contribution in [0.25, 0.3) is 17.0 Å². The molecule has 1 aromatic heterocycles. The summed E-state index contributed by atoms with van der Waals surface area (Å²) in [6.45, 7) is 0. The van der Waals surface area contributed by atoms with Crippen LogP contribution in [0.4, 0.5) is 0 Å². The summed E-state index contributed by atoms with van der Waals surface area (Å²) in [6, 6.07) is 26.9. The minimum Gasteiger partial charge on any atom is -0.361 e. The maximum atomic E-state index is 13.1. The maximum Gasteiger partial charge on any atom is 0.164 e. The number of fused-ring (bicyclic) bond motifs is 2. The predicted octanol–water partition coefficient (Wildman–Crippen LogP) is 5.68. The molecule has 0 radical (unpaired) electrons. The van der Waals surface area contributed by atoms with Crippen LogP contribution < -0.4 is 0 Å². The van der Waals surface area contributed by atoms with Gasteiger partial charge in [0.25, 0.3) is 0 Å². The molecule has 0 fully saturated rings. The van der Waals surface area contributed by atoms with Gasteiger partial charge in [-0.15, -0.1) is 0 Å². The lowest BCUT2D eigenvalue weighted by molar-refractivity contribution is -0.116. The van der Waals surface area contributed by atoms with E-state index in [0.29, 0.717) is 0 Å². The molecule has 0 aliphatic heterocycles. The van der Waals surface area contributed by atoms with Crippen molar-refractivity contribution in [2.24, 2.45) is 0 Å². The molecule has 1 aliphatic rings. The van der Waals surface area contributed by atoms with Crippen LogP contribution in [-0.2, 0) is 4.79 Å². The molecule has 0 bridgehead atoms. The topological polar surface area (TPSA) is 32.9 Å². The molecular formula is C25H19NO. The van der Waals surface area contributed by atoms with Crippen molar-refractivity contribution in [2.45, 2.75) is 11.8 Å². The Morgan fingerprint density at radius 2 is 1.52 bits per heavy atom. The van der Waals surface area contributed by atoms with E-state index in [2.05, 4.69) is 53.6 Å². The first kappa shape index (κ1) is 15.8. The Morgan fingerprint density at radius 1 is 0.778 bits per heavy atom. The van der Waals surface area contributed by atoms with Gasteiger partial charge in [0.05, 0.1) is 5.92 Å². The number of nitrogens with one attached hydrogen (secondary N) is 1. The van der Waals surface area contributed by atoms with E-state index in [4.69, 9.17) is 0 Å². The highest BCUT2D eigenvalue weighted by Crippen LogP contribution is 2.44. The number of para-hydroxylation sites is 1. The molecule has 1 heterocycles. The Hall–Kier alpha value is -3.39.